The van der Waals surface area contributed by atoms with Crippen LogP contribution in [0.1, 0.15) is 0 Å². The number of amides is 1. The predicted molar refractivity (Wildman–Crippen MR) is 96.4 cm³/mol. The molecule has 1 aliphatic rings. The molecule has 0 radical (unpaired) electrons. The average molecular weight is 366 g/mol. The third kappa shape index (κ3) is 3.54. The largest absolute Gasteiger partial charge is 0.347 e. The van der Waals surface area contributed by atoms with Gasteiger partial charge in [-0.1, -0.05) is 23.3 Å². The third-order valence-corrected chi connectivity index (χ3v) is 4.46. The van der Waals surface area contributed by atoms with Crippen molar-refractivity contribution >= 4 is 11.9 Å². The molecule has 1 saturated heterocycles. The molecule has 0 N–H and O–H groups in total. The highest BCUT2D eigenvalue weighted by atomic mass is 16.2. The van der Waals surface area contributed by atoms with E-state index in [-0.39, 0.29) is 12.5 Å². The van der Waals surface area contributed by atoms with E-state index in [0.29, 0.717) is 32.1 Å². The fourth-order valence-electron chi connectivity index (χ4n) is 3.02. The lowest BCUT2D eigenvalue weighted by molar-refractivity contribution is -0.132. The van der Waals surface area contributed by atoms with E-state index in [9.17, 15) is 9.59 Å². The van der Waals surface area contributed by atoms with Crippen molar-refractivity contribution in [3.8, 4) is 5.69 Å². The van der Waals surface area contributed by atoms with Gasteiger partial charge in [-0.2, -0.15) is 4.68 Å². The molecule has 0 unspecified atom stereocenters. The van der Waals surface area contributed by atoms with Gasteiger partial charge in [-0.25, -0.2) is 9.78 Å². The second-order valence-electron chi connectivity index (χ2n) is 6.12. The normalized spacial score (nSPS) is 14.4. The Hall–Kier alpha value is -3.56. The molecule has 3 aromatic rings. The lowest BCUT2D eigenvalue weighted by Gasteiger charge is -2.34. The standard InChI is InChI=1S/C17H18N8O2/c26-15(13-24-8-4-7-18-17(24)27)22-9-11-23(12-10-22)16-19-20-21-25(16)14-5-2-1-3-6-14/h1-8H,9-13H2. The average Bonchev–Trinajstić information content (AvgIpc) is 3.20. The van der Waals surface area contributed by atoms with Gasteiger partial charge >= 0.3 is 5.69 Å². The fraction of sp³-hybridized carbons (Fsp3) is 0.294. The molecule has 1 fully saturated rings. The van der Waals surface area contributed by atoms with Gasteiger partial charge in [-0.3, -0.25) is 9.36 Å². The van der Waals surface area contributed by atoms with Crippen LogP contribution < -0.4 is 10.6 Å². The summed E-state index contributed by atoms with van der Waals surface area (Å²) in [6, 6.07) is 11.3. The van der Waals surface area contributed by atoms with Crippen LogP contribution in [-0.2, 0) is 11.3 Å². The topological polar surface area (TPSA) is 102 Å². The molecule has 0 bridgehead atoms. The Morgan fingerprint density at radius 3 is 2.56 bits per heavy atom. The van der Waals surface area contributed by atoms with Crippen molar-refractivity contribution in [2.24, 2.45) is 0 Å². The van der Waals surface area contributed by atoms with Crippen molar-refractivity contribution in [1.82, 2.24) is 34.7 Å². The Labute approximate surface area is 154 Å². The van der Waals surface area contributed by atoms with Crippen LogP contribution in [0.3, 0.4) is 0 Å². The van der Waals surface area contributed by atoms with Crippen LogP contribution in [0.25, 0.3) is 5.69 Å². The first-order chi connectivity index (χ1) is 13.2. The monoisotopic (exact) mass is 366 g/mol. The van der Waals surface area contributed by atoms with E-state index in [1.807, 2.05) is 35.2 Å². The van der Waals surface area contributed by atoms with Gasteiger partial charge in [0.05, 0.1) is 5.69 Å². The molecule has 0 aliphatic carbocycles. The number of benzene rings is 1. The zero-order valence-corrected chi connectivity index (χ0v) is 14.5. The second-order valence-corrected chi connectivity index (χ2v) is 6.12. The lowest BCUT2D eigenvalue weighted by atomic mass is 10.3. The Bertz CT molecular complexity index is 976. The van der Waals surface area contributed by atoms with Crippen LogP contribution in [0.15, 0.2) is 53.6 Å². The summed E-state index contributed by atoms with van der Waals surface area (Å²) in [4.78, 5) is 31.6. The second kappa shape index (κ2) is 7.36. The molecule has 10 nitrogen and oxygen atoms in total. The van der Waals surface area contributed by atoms with Crippen LogP contribution in [0, 0.1) is 0 Å². The SMILES string of the molecule is O=C(Cn1cccnc1=O)N1CCN(c2nnnn2-c2ccccc2)CC1. The molecule has 1 aliphatic heterocycles. The molecular formula is C17H18N8O2. The molecule has 0 spiro atoms. The Balaban J connectivity index is 1.41. The summed E-state index contributed by atoms with van der Waals surface area (Å²) in [5.74, 6) is 0.546. The first-order valence-electron chi connectivity index (χ1n) is 8.60. The minimum atomic E-state index is -0.425. The van der Waals surface area contributed by atoms with Crippen molar-refractivity contribution in [3.63, 3.8) is 0 Å². The summed E-state index contributed by atoms with van der Waals surface area (Å²) in [5, 5.41) is 12.0. The van der Waals surface area contributed by atoms with Gasteiger partial charge in [-0.15, -0.1) is 0 Å². The van der Waals surface area contributed by atoms with Crippen LogP contribution in [-0.4, -0.2) is 66.7 Å². The summed E-state index contributed by atoms with van der Waals surface area (Å²) in [6.45, 7) is 2.29. The molecule has 0 atom stereocenters. The number of rotatable bonds is 4. The number of anilines is 1. The van der Waals surface area contributed by atoms with E-state index in [4.69, 9.17) is 0 Å². The number of nitrogens with zero attached hydrogens (tertiary/aromatic N) is 8. The number of tetrazole rings is 1. The Morgan fingerprint density at radius 1 is 1.04 bits per heavy atom. The van der Waals surface area contributed by atoms with Gasteiger partial charge in [0.15, 0.2) is 0 Å². The quantitative estimate of drug-likeness (QED) is 0.617. The maximum atomic E-state index is 12.5. The van der Waals surface area contributed by atoms with Gasteiger partial charge < -0.3 is 9.80 Å². The van der Waals surface area contributed by atoms with Crippen molar-refractivity contribution in [1.29, 1.82) is 0 Å². The predicted octanol–water partition coefficient (Wildman–Crippen LogP) is -0.432. The maximum absolute atomic E-state index is 12.5. The number of carbonyl (C=O) groups excluding carboxylic acids is 1. The summed E-state index contributed by atoms with van der Waals surface area (Å²) in [5.41, 5.74) is 0.457. The summed E-state index contributed by atoms with van der Waals surface area (Å²) in [6.07, 6.45) is 2.98. The minimum Gasteiger partial charge on any atom is -0.338 e. The molecular weight excluding hydrogens is 348 g/mol. The molecule has 2 aromatic heterocycles. The van der Waals surface area contributed by atoms with E-state index in [1.54, 1.807) is 21.8 Å². The van der Waals surface area contributed by atoms with E-state index >= 15 is 0 Å². The zero-order chi connectivity index (χ0) is 18.6. The molecule has 27 heavy (non-hydrogen) atoms. The van der Waals surface area contributed by atoms with E-state index < -0.39 is 5.69 Å². The van der Waals surface area contributed by atoms with Crippen LogP contribution in [0.5, 0.6) is 0 Å². The number of piperazine rings is 1. The number of hydrogen-bond donors (Lipinski definition) is 0. The highest BCUT2D eigenvalue weighted by Gasteiger charge is 2.25. The molecule has 138 valence electrons. The van der Waals surface area contributed by atoms with Gasteiger partial charge in [0.25, 0.3) is 0 Å². The summed E-state index contributed by atoms with van der Waals surface area (Å²) < 4.78 is 3.00. The van der Waals surface area contributed by atoms with Crippen molar-refractivity contribution in [3.05, 3.63) is 59.3 Å². The Morgan fingerprint density at radius 2 is 1.81 bits per heavy atom. The molecule has 3 heterocycles. The molecule has 10 heteroatoms. The smallest absolute Gasteiger partial charge is 0.338 e. The zero-order valence-electron chi connectivity index (χ0n) is 14.5. The van der Waals surface area contributed by atoms with Gasteiger partial charge in [0.1, 0.15) is 6.54 Å². The number of para-hydroxylation sites is 1. The molecule has 0 saturated carbocycles. The first kappa shape index (κ1) is 16.9. The summed E-state index contributed by atoms with van der Waals surface area (Å²) >= 11 is 0. The number of aromatic nitrogens is 6. The number of carbonyl (C=O) groups is 1. The van der Waals surface area contributed by atoms with Crippen molar-refractivity contribution < 1.29 is 4.79 Å². The first-order valence-corrected chi connectivity index (χ1v) is 8.60. The Kier molecular flexibility index (Phi) is 4.60. The van der Waals surface area contributed by atoms with Gasteiger partial charge in [-0.05, 0) is 28.6 Å². The lowest BCUT2D eigenvalue weighted by Crippen LogP contribution is -2.50. The van der Waals surface area contributed by atoms with Crippen molar-refractivity contribution in [2.75, 3.05) is 31.1 Å². The van der Waals surface area contributed by atoms with Gasteiger partial charge in [0.2, 0.25) is 11.9 Å². The minimum absolute atomic E-state index is 0.00553. The van der Waals surface area contributed by atoms with Crippen molar-refractivity contribution in [2.45, 2.75) is 6.54 Å². The van der Waals surface area contributed by atoms with E-state index in [2.05, 4.69) is 20.5 Å². The highest BCUT2D eigenvalue weighted by Crippen LogP contribution is 2.17. The molecule has 4 rings (SSSR count). The van der Waals surface area contributed by atoms with Crippen LogP contribution in [0.2, 0.25) is 0 Å². The van der Waals surface area contributed by atoms with Crippen LogP contribution >= 0.6 is 0 Å². The van der Waals surface area contributed by atoms with E-state index in [1.165, 1.54) is 10.8 Å². The maximum Gasteiger partial charge on any atom is 0.347 e. The molecule has 1 amide bonds. The van der Waals surface area contributed by atoms with E-state index in [0.717, 1.165) is 5.69 Å². The van der Waals surface area contributed by atoms with Gasteiger partial charge in [0, 0.05) is 38.6 Å². The molecule has 1 aromatic carbocycles. The van der Waals surface area contributed by atoms with Crippen LogP contribution in [0.4, 0.5) is 5.95 Å². The number of hydrogen-bond acceptors (Lipinski definition) is 7. The summed E-state index contributed by atoms with van der Waals surface area (Å²) in [7, 11) is 0. The highest BCUT2D eigenvalue weighted by molar-refractivity contribution is 5.76. The fourth-order valence-corrected chi connectivity index (χ4v) is 3.02. The third-order valence-electron chi connectivity index (χ3n) is 4.46.